The lowest BCUT2D eigenvalue weighted by Crippen LogP contribution is -2.32. The number of amides is 2. The summed E-state index contributed by atoms with van der Waals surface area (Å²) in [5, 5.41) is 8.23. The number of carbonyl (C=O) groups excluding carboxylic acids is 2. The summed E-state index contributed by atoms with van der Waals surface area (Å²) in [7, 11) is 0. The van der Waals surface area contributed by atoms with Crippen molar-refractivity contribution in [2.45, 2.75) is 32.7 Å². The lowest BCUT2D eigenvalue weighted by Gasteiger charge is -2.07. The highest BCUT2D eigenvalue weighted by Gasteiger charge is 2.28. The molecule has 2 aromatic carbocycles. The number of carbonyl (C=O) groups is 2. The van der Waals surface area contributed by atoms with E-state index >= 15 is 0 Å². The minimum absolute atomic E-state index is 0.0777. The standard InChI is InChI=1S/C21H24N6O2/c1-3-14-6-10-15(11-7-14)23-18(28)12-17-19(29)26-21(25-17)27-20(22)24-16-8-4-13(2)5-9-16/h4-11,17H,3,12H2,1-2H3,(H,23,28)(H4,22,24,25,26,27,29)/t17-/m1/s1. The first-order valence-electron chi connectivity index (χ1n) is 9.38. The molecule has 1 aliphatic heterocycles. The number of rotatable bonds is 5. The number of nitrogens with zero attached hydrogens (tertiary/aromatic N) is 2. The quantitative estimate of drug-likeness (QED) is 0.460. The van der Waals surface area contributed by atoms with Gasteiger partial charge in [-0.3, -0.25) is 14.9 Å². The largest absolute Gasteiger partial charge is 0.369 e. The summed E-state index contributed by atoms with van der Waals surface area (Å²) < 4.78 is 0. The maximum Gasteiger partial charge on any atom is 0.252 e. The SMILES string of the molecule is CCc1ccc(NC(=O)C[C@H]2N=C(N=C(N)Nc3ccc(C)cc3)NC2=O)cc1. The van der Waals surface area contributed by atoms with Crippen LogP contribution in [-0.2, 0) is 16.0 Å². The lowest BCUT2D eigenvalue weighted by molar-refractivity contribution is -0.123. The van der Waals surface area contributed by atoms with Crippen LogP contribution in [0.4, 0.5) is 11.4 Å². The summed E-state index contributed by atoms with van der Waals surface area (Å²) in [6.45, 7) is 4.05. The maximum atomic E-state index is 12.2. The fourth-order valence-corrected chi connectivity index (χ4v) is 2.77. The minimum atomic E-state index is -0.837. The Morgan fingerprint density at radius 3 is 2.38 bits per heavy atom. The number of nitrogens with two attached hydrogens (primary N) is 1. The molecule has 1 aliphatic rings. The van der Waals surface area contributed by atoms with Gasteiger partial charge in [0.25, 0.3) is 5.91 Å². The molecule has 8 nitrogen and oxygen atoms in total. The molecule has 29 heavy (non-hydrogen) atoms. The van der Waals surface area contributed by atoms with E-state index in [0.717, 1.165) is 17.7 Å². The first-order chi connectivity index (χ1) is 13.9. The van der Waals surface area contributed by atoms with Crippen molar-refractivity contribution in [3.63, 3.8) is 0 Å². The van der Waals surface area contributed by atoms with Crippen LogP contribution in [0.25, 0.3) is 0 Å². The van der Waals surface area contributed by atoms with Crippen molar-refractivity contribution in [1.82, 2.24) is 5.32 Å². The van der Waals surface area contributed by atoms with Gasteiger partial charge in [0.15, 0.2) is 0 Å². The second-order valence-corrected chi connectivity index (χ2v) is 6.75. The normalized spacial score (nSPS) is 16.2. The molecule has 2 aromatic rings. The van der Waals surface area contributed by atoms with Crippen molar-refractivity contribution >= 4 is 35.1 Å². The van der Waals surface area contributed by atoms with Gasteiger partial charge in [-0.2, -0.15) is 4.99 Å². The molecule has 3 rings (SSSR count). The van der Waals surface area contributed by atoms with Gasteiger partial charge in [-0.25, -0.2) is 4.99 Å². The zero-order valence-electron chi connectivity index (χ0n) is 16.4. The van der Waals surface area contributed by atoms with E-state index in [0.29, 0.717) is 5.69 Å². The molecule has 2 amide bonds. The topological polar surface area (TPSA) is 121 Å². The van der Waals surface area contributed by atoms with E-state index in [1.54, 1.807) is 0 Å². The Bertz CT molecular complexity index is 948. The number of hydrogen-bond acceptors (Lipinski definition) is 4. The number of aliphatic imine (C=N–C) groups is 2. The fourth-order valence-electron chi connectivity index (χ4n) is 2.77. The highest BCUT2D eigenvalue weighted by molar-refractivity contribution is 6.11. The average molecular weight is 392 g/mol. The monoisotopic (exact) mass is 392 g/mol. The van der Waals surface area contributed by atoms with Gasteiger partial charge in [0.1, 0.15) is 6.04 Å². The molecule has 0 fully saturated rings. The molecule has 0 saturated carbocycles. The molecular formula is C21H24N6O2. The van der Waals surface area contributed by atoms with Crippen molar-refractivity contribution in [3.05, 3.63) is 59.7 Å². The summed E-state index contributed by atoms with van der Waals surface area (Å²) in [6.07, 6.45) is 0.849. The van der Waals surface area contributed by atoms with E-state index in [2.05, 4.69) is 32.9 Å². The molecule has 5 N–H and O–H groups in total. The maximum absolute atomic E-state index is 12.2. The lowest BCUT2D eigenvalue weighted by atomic mass is 10.1. The zero-order chi connectivity index (χ0) is 20.8. The van der Waals surface area contributed by atoms with E-state index in [4.69, 9.17) is 5.73 Å². The van der Waals surface area contributed by atoms with Crippen molar-refractivity contribution in [3.8, 4) is 0 Å². The average Bonchev–Trinajstić information content (AvgIpc) is 3.02. The molecule has 0 saturated heterocycles. The summed E-state index contributed by atoms with van der Waals surface area (Å²) in [4.78, 5) is 32.6. The predicted octanol–water partition coefficient (Wildman–Crippen LogP) is 2.17. The van der Waals surface area contributed by atoms with Crippen LogP contribution in [0.5, 0.6) is 0 Å². The third-order valence-electron chi connectivity index (χ3n) is 4.39. The van der Waals surface area contributed by atoms with Crippen LogP contribution in [0.3, 0.4) is 0 Å². The molecule has 8 heteroatoms. The molecule has 0 aromatic heterocycles. The highest BCUT2D eigenvalue weighted by atomic mass is 16.2. The summed E-state index contributed by atoms with van der Waals surface area (Å²) >= 11 is 0. The highest BCUT2D eigenvalue weighted by Crippen LogP contribution is 2.13. The van der Waals surface area contributed by atoms with Crippen LogP contribution < -0.4 is 21.7 Å². The Hall–Kier alpha value is -3.68. The predicted molar refractivity (Wildman–Crippen MR) is 115 cm³/mol. The van der Waals surface area contributed by atoms with Crippen LogP contribution in [-0.4, -0.2) is 29.8 Å². The third-order valence-corrected chi connectivity index (χ3v) is 4.39. The van der Waals surface area contributed by atoms with Gasteiger partial charge in [0.2, 0.25) is 17.8 Å². The Balaban J connectivity index is 1.58. The Kier molecular flexibility index (Phi) is 6.23. The van der Waals surface area contributed by atoms with Crippen LogP contribution in [0.15, 0.2) is 58.5 Å². The van der Waals surface area contributed by atoms with Crippen LogP contribution >= 0.6 is 0 Å². The first-order valence-corrected chi connectivity index (χ1v) is 9.38. The number of nitrogens with one attached hydrogen (secondary N) is 3. The number of guanidine groups is 2. The van der Waals surface area contributed by atoms with Gasteiger partial charge in [-0.1, -0.05) is 36.8 Å². The van der Waals surface area contributed by atoms with E-state index in [9.17, 15) is 9.59 Å². The van der Waals surface area contributed by atoms with Crippen molar-refractivity contribution in [1.29, 1.82) is 0 Å². The van der Waals surface area contributed by atoms with Gasteiger partial charge in [0.05, 0.1) is 6.42 Å². The molecule has 0 bridgehead atoms. The summed E-state index contributed by atoms with van der Waals surface area (Å²) in [6, 6.07) is 14.4. The Morgan fingerprint density at radius 1 is 1.10 bits per heavy atom. The van der Waals surface area contributed by atoms with Gasteiger partial charge in [-0.15, -0.1) is 0 Å². The van der Waals surface area contributed by atoms with E-state index in [1.807, 2.05) is 55.5 Å². The number of anilines is 2. The molecule has 0 radical (unpaired) electrons. The second kappa shape index (κ2) is 9.01. The molecule has 150 valence electrons. The smallest absolute Gasteiger partial charge is 0.252 e. The molecule has 0 aliphatic carbocycles. The molecular weight excluding hydrogens is 368 g/mol. The Labute approximate surface area is 169 Å². The van der Waals surface area contributed by atoms with E-state index < -0.39 is 6.04 Å². The van der Waals surface area contributed by atoms with E-state index in [1.165, 1.54) is 5.56 Å². The van der Waals surface area contributed by atoms with Gasteiger partial charge >= 0.3 is 0 Å². The second-order valence-electron chi connectivity index (χ2n) is 6.75. The minimum Gasteiger partial charge on any atom is -0.369 e. The number of benzene rings is 2. The zero-order valence-corrected chi connectivity index (χ0v) is 16.4. The van der Waals surface area contributed by atoms with Crippen LogP contribution in [0.2, 0.25) is 0 Å². The van der Waals surface area contributed by atoms with Crippen LogP contribution in [0.1, 0.15) is 24.5 Å². The summed E-state index contributed by atoms with van der Waals surface area (Å²) in [5.41, 5.74) is 9.63. The van der Waals surface area contributed by atoms with Gasteiger partial charge in [-0.05, 0) is 43.2 Å². The van der Waals surface area contributed by atoms with Crippen molar-refractivity contribution in [2.75, 3.05) is 10.6 Å². The fraction of sp³-hybridized carbons (Fsp3) is 0.238. The van der Waals surface area contributed by atoms with Gasteiger partial charge < -0.3 is 16.4 Å². The molecule has 1 heterocycles. The first kappa shape index (κ1) is 20.1. The van der Waals surface area contributed by atoms with Crippen molar-refractivity contribution in [2.24, 2.45) is 15.7 Å². The van der Waals surface area contributed by atoms with Crippen LogP contribution in [0, 0.1) is 6.92 Å². The molecule has 0 unspecified atom stereocenters. The third kappa shape index (κ3) is 5.65. The van der Waals surface area contributed by atoms with Crippen molar-refractivity contribution < 1.29 is 9.59 Å². The summed E-state index contributed by atoms with van der Waals surface area (Å²) in [5.74, 6) is -0.510. The number of hydrogen-bond donors (Lipinski definition) is 4. The van der Waals surface area contributed by atoms with E-state index in [-0.39, 0.29) is 30.2 Å². The Morgan fingerprint density at radius 2 is 1.72 bits per heavy atom. The molecule has 0 spiro atoms. The van der Waals surface area contributed by atoms with Gasteiger partial charge in [0, 0.05) is 11.4 Å². The molecule has 1 atom stereocenters. The number of aryl methyl sites for hydroxylation is 2.